The molecule has 2 unspecified atom stereocenters. The second-order valence-electron chi connectivity index (χ2n) is 15.1. The van der Waals surface area contributed by atoms with Crippen molar-refractivity contribution in [2.45, 2.75) is 96.2 Å². The van der Waals surface area contributed by atoms with E-state index in [2.05, 4.69) is 60.2 Å². The van der Waals surface area contributed by atoms with Crippen LogP contribution in [0.1, 0.15) is 81.2 Å². The molecule has 1 aliphatic rings. The van der Waals surface area contributed by atoms with Crippen molar-refractivity contribution >= 4 is 41.8 Å². The number of carbonyl (C=O) groups excluding carboxylic acids is 5. The van der Waals surface area contributed by atoms with Crippen molar-refractivity contribution in [3.8, 4) is 28.7 Å². The first-order chi connectivity index (χ1) is 30.8. The summed E-state index contributed by atoms with van der Waals surface area (Å²) in [4.78, 5) is 66.5. The zero-order chi connectivity index (χ0) is 47.4. The predicted molar refractivity (Wildman–Crippen MR) is 253 cm³/mol. The molecule has 16 nitrogen and oxygen atoms in total. The molecule has 5 amide bonds. The van der Waals surface area contributed by atoms with Gasteiger partial charge in [0, 0.05) is 42.6 Å². The topological polar surface area (TPSA) is 257 Å². The van der Waals surface area contributed by atoms with Crippen LogP contribution in [0, 0.1) is 25.2 Å². The number of nitriles is 1. The standard InChI is InChI=1S/C30H38N8O7.C15H24S.C2H7N/c1-18-28(41)37-23(29(42)35-10-7-31)14-19-3-5-24(44-11-8-32)21(13-19)22-15-20(4-6-25(22)45-12-9-33)27(30(43)36-18)38(2)26(40)16-34-17-39;1-4-5-6-7-8-11-16-15-10-9-13(2)14(3)12-15;1-2-3/h3-6,13,15,17-18,23,27H,8-12,14,16,32-33H2,1-2H3,(H,34,39)(H,35,42)(H,36,43)(H,37,41);9-10,12H,4-8,11H2,1-3H3;2-3H2,1H3/t18-,23?,27?;;/m0../s1. The maximum absolute atomic E-state index is 13.8. The van der Waals surface area contributed by atoms with E-state index in [-0.39, 0.29) is 45.8 Å². The Morgan fingerprint density at radius 2 is 1.53 bits per heavy atom. The third-order valence-corrected chi connectivity index (χ3v) is 11.0. The van der Waals surface area contributed by atoms with E-state index in [1.54, 1.807) is 36.4 Å². The summed E-state index contributed by atoms with van der Waals surface area (Å²) in [5.74, 6) is -0.429. The molecule has 1 aliphatic heterocycles. The molecule has 0 radical (unpaired) electrons. The minimum atomic E-state index is -1.25. The molecule has 1 heterocycles. The molecular weight excluding hydrogens is 835 g/mol. The van der Waals surface area contributed by atoms with E-state index >= 15 is 0 Å². The smallest absolute Gasteiger partial charge is 0.248 e. The lowest BCUT2D eigenvalue weighted by molar-refractivity contribution is -0.140. The number of aryl methyl sites for hydroxylation is 2. The molecule has 0 saturated heterocycles. The third-order valence-electron chi connectivity index (χ3n) is 9.93. The largest absolute Gasteiger partial charge is 0.492 e. The quantitative estimate of drug-likeness (QED) is 0.0393. The number of carbonyl (C=O) groups is 5. The van der Waals surface area contributed by atoms with E-state index in [1.807, 2.05) is 24.8 Å². The maximum atomic E-state index is 13.8. The average Bonchev–Trinajstić information content (AvgIpc) is 3.28. The fraction of sp³-hybridized carbons (Fsp3) is 0.489. The van der Waals surface area contributed by atoms with Crippen LogP contribution >= 0.6 is 11.8 Å². The van der Waals surface area contributed by atoms with Crippen molar-refractivity contribution in [2.24, 2.45) is 17.2 Å². The Hall–Kier alpha value is -5.67. The Kier molecular flexibility index (Phi) is 25.9. The SMILES string of the molecule is CCCCCCCSc1ccc(C)c(C)c1.CCN.C[C@@H]1NC(=O)C(N(C)C(=O)CNC=O)c2ccc(OCCN)c(c2)-c2cc(ccc2OCCN)CC(C(=O)NCC#N)NC1=O. The predicted octanol–water partition coefficient (Wildman–Crippen LogP) is 3.79. The third kappa shape index (κ3) is 18.2. The Morgan fingerprint density at radius 1 is 0.891 bits per heavy atom. The minimum absolute atomic E-state index is 0.0378. The van der Waals surface area contributed by atoms with Gasteiger partial charge in [-0.15, -0.1) is 11.8 Å². The molecule has 10 N–H and O–H groups in total. The summed E-state index contributed by atoms with van der Waals surface area (Å²) in [5, 5.41) is 19.0. The van der Waals surface area contributed by atoms with E-state index in [0.717, 1.165) is 11.4 Å². The summed E-state index contributed by atoms with van der Waals surface area (Å²) in [7, 11) is 1.40. The van der Waals surface area contributed by atoms with Gasteiger partial charge >= 0.3 is 0 Å². The van der Waals surface area contributed by atoms with Gasteiger partial charge in [0.2, 0.25) is 30.0 Å². The van der Waals surface area contributed by atoms with Crippen molar-refractivity contribution in [3.63, 3.8) is 0 Å². The number of thioether (sulfide) groups is 1. The molecule has 64 heavy (non-hydrogen) atoms. The molecule has 0 saturated carbocycles. The molecule has 3 atom stereocenters. The van der Waals surface area contributed by atoms with Gasteiger partial charge in [-0.1, -0.05) is 57.7 Å². The minimum Gasteiger partial charge on any atom is -0.492 e. The number of hydrogen-bond acceptors (Lipinski definition) is 12. The average molecular weight is 904 g/mol. The summed E-state index contributed by atoms with van der Waals surface area (Å²) in [6.07, 6.45) is 7.30. The van der Waals surface area contributed by atoms with Crippen LogP contribution in [0.25, 0.3) is 11.1 Å². The number of benzene rings is 3. The number of likely N-dealkylation sites (N-methyl/N-ethyl adjacent to an activating group) is 1. The van der Waals surface area contributed by atoms with Crippen LogP contribution in [0.15, 0.2) is 59.5 Å². The van der Waals surface area contributed by atoms with Gasteiger partial charge in [0.05, 0.1) is 12.6 Å². The van der Waals surface area contributed by atoms with E-state index in [4.69, 9.17) is 31.9 Å². The second-order valence-corrected chi connectivity index (χ2v) is 16.2. The number of nitrogens with two attached hydrogens (primary N) is 3. The number of nitrogens with zero attached hydrogens (tertiary/aromatic N) is 2. The number of ether oxygens (including phenoxy) is 2. The molecule has 4 bridgehead atoms. The summed E-state index contributed by atoms with van der Waals surface area (Å²) >= 11 is 2.00. The first kappa shape index (κ1) is 54.5. The molecule has 17 heteroatoms. The van der Waals surface area contributed by atoms with E-state index in [1.165, 1.54) is 67.9 Å². The van der Waals surface area contributed by atoms with Crippen LogP contribution in [-0.2, 0) is 30.4 Å². The second kappa shape index (κ2) is 30.4. The van der Waals surface area contributed by atoms with E-state index in [0.29, 0.717) is 40.2 Å². The summed E-state index contributed by atoms with van der Waals surface area (Å²) in [6, 6.07) is 15.3. The van der Waals surface area contributed by atoms with Gasteiger partial charge in [0.1, 0.15) is 49.4 Å². The van der Waals surface area contributed by atoms with Crippen molar-refractivity contribution in [1.29, 1.82) is 5.26 Å². The highest BCUT2D eigenvalue weighted by atomic mass is 32.2. The molecule has 3 aromatic carbocycles. The van der Waals surface area contributed by atoms with Crippen LogP contribution in [0.5, 0.6) is 11.5 Å². The van der Waals surface area contributed by atoms with Crippen molar-refractivity contribution in [2.75, 3.05) is 58.7 Å². The van der Waals surface area contributed by atoms with Crippen molar-refractivity contribution in [1.82, 2.24) is 26.2 Å². The van der Waals surface area contributed by atoms with Crippen molar-refractivity contribution in [3.05, 3.63) is 76.9 Å². The normalized spacial score (nSPS) is 15.5. The molecule has 350 valence electrons. The monoisotopic (exact) mass is 904 g/mol. The van der Waals surface area contributed by atoms with Gasteiger partial charge in [-0.25, -0.2) is 0 Å². The van der Waals surface area contributed by atoms with Gasteiger partial charge < -0.3 is 52.8 Å². The molecule has 0 fully saturated rings. The molecular formula is C47H69N9O7S. The van der Waals surface area contributed by atoms with Gasteiger partial charge in [-0.05, 0) is 98.1 Å². The molecule has 0 spiro atoms. The Balaban J connectivity index is 0.000000615. The van der Waals surface area contributed by atoms with Crippen LogP contribution in [0.4, 0.5) is 0 Å². The van der Waals surface area contributed by atoms with Gasteiger partial charge in [-0.2, -0.15) is 5.26 Å². The Bertz CT molecular complexity index is 1990. The summed E-state index contributed by atoms with van der Waals surface area (Å²) in [6.45, 7) is 10.9. The van der Waals surface area contributed by atoms with E-state index < -0.39 is 41.8 Å². The first-order valence-corrected chi connectivity index (χ1v) is 22.8. The molecule has 0 aliphatic carbocycles. The fourth-order valence-corrected chi connectivity index (χ4v) is 7.44. The van der Waals surface area contributed by atoms with Crippen LogP contribution in [0.2, 0.25) is 0 Å². The highest BCUT2D eigenvalue weighted by Crippen LogP contribution is 2.40. The number of hydrogen-bond donors (Lipinski definition) is 7. The lowest BCUT2D eigenvalue weighted by atomic mass is 9.93. The molecule has 0 aromatic heterocycles. The highest BCUT2D eigenvalue weighted by molar-refractivity contribution is 7.99. The summed E-state index contributed by atoms with van der Waals surface area (Å²) < 4.78 is 11.9. The Labute approximate surface area is 383 Å². The van der Waals surface area contributed by atoms with Crippen molar-refractivity contribution < 1.29 is 33.4 Å². The highest BCUT2D eigenvalue weighted by Gasteiger charge is 2.33. The Morgan fingerprint density at radius 3 is 2.14 bits per heavy atom. The molecule has 3 aromatic rings. The number of unbranched alkanes of at least 4 members (excludes halogenated alkanes) is 4. The first-order valence-electron chi connectivity index (χ1n) is 21.8. The lowest BCUT2D eigenvalue weighted by Crippen LogP contribution is -2.55. The van der Waals surface area contributed by atoms with Crippen LogP contribution < -0.4 is 47.9 Å². The number of rotatable bonds is 19. The van der Waals surface area contributed by atoms with Crippen LogP contribution in [0.3, 0.4) is 0 Å². The zero-order valence-corrected chi connectivity index (χ0v) is 39.1. The van der Waals surface area contributed by atoms with Crippen LogP contribution in [-0.4, -0.2) is 106 Å². The van der Waals surface area contributed by atoms with E-state index in [9.17, 15) is 24.0 Å². The van der Waals surface area contributed by atoms with Gasteiger partial charge in [0.15, 0.2) is 0 Å². The maximum Gasteiger partial charge on any atom is 0.248 e. The number of amides is 5. The lowest BCUT2D eigenvalue weighted by Gasteiger charge is -2.30. The molecule has 4 rings (SSSR count). The number of fused-ring (bicyclic) bond motifs is 5. The summed E-state index contributed by atoms with van der Waals surface area (Å²) in [5.41, 5.74) is 21.1. The van der Waals surface area contributed by atoms with Gasteiger partial charge in [0.25, 0.3) is 0 Å². The van der Waals surface area contributed by atoms with Gasteiger partial charge in [-0.3, -0.25) is 24.0 Å². The fourth-order valence-electron chi connectivity index (χ4n) is 6.43. The zero-order valence-electron chi connectivity index (χ0n) is 38.3. The number of nitrogens with one attached hydrogen (secondary N) is 4.